The molecule has 0 aliphatic rings. The van der Waals surface area contributed by atoms with Gasteiger partial charge in [0.15, 0.2) is 6.79 Å². The normalized spacial score (nSPS) is 12.1. The van der Waals surface area contributed by atoms with E-state index in [-0.39, 0.29) is 12.9 Å². The van der Waals surface area contributed by atoms with E-state index in [0.717, 1.165) is 11.3 Å². The topological polar surface area (TPSA) is 18.5 Å². The highest BCUT2D eigenvalue weighted by molar-refractivity contribution is 5.20. The van der Waals surface area contributed by atoms with Gasteiger partial charge < -0.3 is 9.47 Å². The molecule has 2 rings (SSSR count). The van der Waals surface area contributed by atoms with Crippen LogP contribution in [0, 0.1) is 0 Å². The molecule has 0 amide bonds. The molecule has 1 atom stereocenters. The van der Waals surface area contributed by atoms with Crippen molar-refractivity contribution >= 4 is 0 Å². The molecule has 17 heavy (non-hydrogen) atoms. The number of ether oxygens (including phenoxy) is 2. The molecular weight excluding hydrogens is 212 g/mol. The quantitative estimate of drug-likeness (QED) is 0.725. The molecule has 88 valence electrons. The number of hydrogen-bond acceptors (Lipinski definition) is 2. The van der Waals surface area contributed by atoms with Crippen LogP contribution in [0.2, 0.25) is 0 Å². The first-order valence-corrected chi connectivity index (χ1v) is 5.70. The SMILES string of the molecule is CC(OCOc1ccccc1)c1ccccc1. The second-order valence-corrected chi connectivity index (χ2v) is 3.79. The summed E-state index contributed by atoms with van der Waals surface area (Å²) in [6, 6.07) is 19.8. The zero-order valence-corrected chi connectivity index (χ0v) is 9.87. The van der Waals surface area contributed by atoms with E-state index in [2.05, 4.69) is 0 Å². The number of para-hydroxylation sites is 1. The fourth-order valence-corrected chi connectivity index (χ4v) is 1.54. The first kappa shape index (κ1) is 11.7. The molecule has 2 nitrogen and oxygen atoms in total. The first-order chi connectivity index (χ1) is 8.36. The largest absolute Gasteiger partial charge is 0.468 e. The summed E-state index contributed by atoms with van der Waals surface area (Å²) in [6.45, 7) is 2.28. The fraction of sp³-hybridized carbons (Fsp3) is 0.200. The summed E-state index contributed by atoms with van der Waals surface area (Å²) >= 11 is 0. The van der Waals surface area contributed by atoms with Gasteiger partial charge in [0.05, 0.1) is 6.10 Å². The smallest absolute Gasteiger partial charge is 0.189 e. The Morgan fingerprint density at radius 3 is 2.12 bits per heavy atom. The molecule has 0 heterocycles. The molecule has 0 spiro atoms. The van der Waals surface area contributed by atoms with Crippen molar-refractivity contribution in [3.05, 3.63) is 66.2 Å². The highest BCUT2D eigenvalue weighted by Gasteiger charge is 2.04. The minimum Gasteiger partial charge on any atom is -0.468 e. The minimum absolute atomic E-state index is 0.0416. The lowest BCUT2D eigenvalue weighted by Gasteiger charge is -2.13. The molecule has 2 heteroatoms. The highest BCUT2D eigenvalue weighted by atomic mass is 16.7. The molecule has 0 bridgehead atoms. The van der Waals surface area contributed by atoms with Crippen LogP contribution in [0.25, 0.3) is 0 Å². The lowest BCUT2D eigenvalue weighted by atomic mass is 10.1. The van der Waals surface area contributed by atoms with Crippen molar-refractivity contribution in [2.45, 2.75) is 13.0 Å². The van der Waals surface area contributed by atoms with E-state index in [4.69, 9.17) is 9.47 Å². The highest BCUT2D eigenvalue weighted by Crippen LogP contribution is 2.16. The Hall–Kier alpha value is -1.80. The van der Waals surface area contributed by atoms with Crippen LogP contribution in [-0.4, -0.2) is 6.79 Å². The van der Waals surface area contributed by atoms with E-state index in [1.807, 2.05) is 67.6 Å². The Labute approximate surface area is 102 Å². The van der Waals surface area contributed by atoms with Crippen molar-refractivity contribution in [2.75, 3.05) is 6.79 Å². The summed E-state index contributed by atoms with van der Waals surface area (Å²) in [4.78, 5) is 0. The molecule has 2 aromatic carbocycles. The Morgan fingerprint density at radius 2 is 1.47 bits per heavy atom. The van der Waals surface area contributed by atoms with Gasteiger partial charge in [-0.15, -0.1) is 0 Å². The van der Waals surface area contributed by atoms with Gasteiger partial charge in [0.1, 0.15) is 5.75 Å². The molecule has 0 aliphatic heterocycles. The van der Waals surface area contributed by atoms with E-state index >= 15 is 0 Å². The van der Waals surface area contributed by atoms with E-state index in [1.54, 1.807) is 0 Å². The van der Waals surface area contributed by atoms with Crippen LogP contribution < -0.4 is 4.74 Å². The molecular formula is C15H16O2. The Morgan fingerprint density at radius 1 is 0.882 bits per heavy atom. The van der Waals surface area contributed by atoms with Crippen molar-refractivity contribution in [1.29, 1.82) is 0 Å². The zero-order valence-electron chi connectivity index (χ0n) is 9.87. The third kappa shape index (κ3) is 3.61. The predicted molar refractivity (Wildman–Crippen MR) is 67.9 cm³/mol. The predicted octanol–water partition coefficient (Wildman–Crippen LogP) is 3.80. The lowest BCUT2D eigenvalue weighted by Crippen LogP contribution is -2.06. The third-order valence-corrected chi connectivity index (χ3v) is 2.56. The molecule has 0 aliphatic carbocycles. The molecule has 0 saturated carbocycles. The maximum atomic E-state index is 5.61. The van der Waals surface area contributed by atoms with E-state index < -0.39 is 0 Å². The summed E-state index contributed by atoms with van der Waals surface area (Å²) in [5.74, 6) is 0.827. The second-order valence-electron chi connectivity index (χ2n) is 3.79. The van der Waals surface area contributed by atoms with Crippen molar-refractivity contribution in [2.24, 2.45) is 0 Å². The van der Waals surface area contributed by atoms with Crippen molar-refractivity contribution in [3.63, 3.8) is 0 Å². The van der Waals surface area contributed by atoms with Crippen molar-refractivity contribution in [1.82, 2.24) is 0 Å². The number of hydrogen-bond donors (Lipinski definition) is 0. The Balaban J connectivity index is 1.79. The van der Waals surface area contributed by atoms with Gasteiger partial charge >= 0.3 is 0 Å². The van der Waals surface area contributed by atoms with Gasteiger partial charge in [-0.3, -0.25) is 0 Å². The summed E-state index contributed by atoms with van der Waals surface area (Å²) < 4.78 is 11.1. The van der Waals surface area contributed by atoms with Gasteiger partial charge in [-0.05, 0) is 24.6 Å². The number of benzene rings is 2. The molecule has 0 radical (unpaired) electrons. The maximum Gasteiger partial charge on any atom is 0.189 e. The summed E-state index contributed by atoms with van der Waals surface area (Å²) in [5.41, 5.74) is 1.16. The van der Waals surface area contributed by atoms with Crippen LogP contribution in [0.3, 0.4) is 0 Å². The van der Waals surface area contributed by atoms with Crippen LogP contribution in [0.1, 0.15) is 18.6 Å². The molecule has 0 N–H and O–H groups in total. The van der Waals surface area contributed by atoms with Gasteiger partial charge in [-0.2, -0.15) is 0 Å². The average Bonchev–Trinajstić information content (AvgIpc) is 2.41. The lowest BCUT2D eigenvalue weighted by molar-refractivity contribution is -0.0294. The monoisotopic (exact) mass is 228 g/mol. The van der Waals surface area contributed by atoms with Crippen LogP contribution >= 0.6 is 0 Å². The van der Waals surface area contributed by atoms with Gasteiger partial charge in [-0.25, -0.2) is 0 Å². The van der Waals surface area contributed by atoms with E-state index in [0.29, 0.717) is 0 Å². The summed E-state index contributed by atoms with van der Waals surface area (Å²) in [7, 11) is 0. The van der Waals surface area contributed by atoms with Crippen LogP contribution in [0.5, 0.6) is 5.75 Å². The zero-order chi connectivity index (χ0) is 11.9. The Kier molecular flexibility index (Phi) is 4.17. The van der Waals surface area contributed by atoms with Crippen molar-refractivity contribution in [3.8, 4) is 5.75 Å². The van der Waals surface area contributed by atoms with Gasteiger partial charge in [-0.1, -0.05) is 48.5 Å². The van der Waals surface area contributed by atoms with Crippen LogP contribution in [0.4, 0.5) is 0 Å². The summed E-state index contributed by atoms with van der Waals surface area (Å²) in [5, 5.41) is 0. The standard InChI is InChI=1S/C15H16O2/c1-13(14-8-4-2-5-9-14)16-12-17-15-10-6-3-7-11-15/h2-11,13H,12H2,1H3. The average molecular weight is 228 g/mol. The van der Waals surface area contributed by atoms with Crippen LogP contribution in [-0.2, 0) is 4.74 Å². The molecule has 0 saturated heterocycles. The van der Waals surface area contributed by atoms with E-state index in [9.17, 15) is 0 Å². The van der Waals surface area contributed by atoms with Gasteiger partial charge in [0.25, 0.3) is 0 Å². The second kappa shape index (κ2) is 6.06. The van der Waals surface area contributed by atoms with Gasteiger partial charge in [0, 0.05) is 0 Å². The van der Waals surface area contributed by atoms with Crippen LogP contribution in [0.15, 0.2) is 60.7 Å². The van der Waals surface area contributed by atoms with Crippen molar-refractivity contribution < 1.29 is 9.47 Å². The minimum atomic E-state index is 0.0416. The molecule has 0 aromatic heterocycles. The third-order valence-electron chi connectivity index (χ3n) is 2.56. The van der Waals surface area contributed by atoms with E-state index in [1.165, 1.54) is 0 Å². The first-order valence-electron chi connectivity index (χ1n) is 5.70. The number of rotatable bonds is 5. The summed E-state index contributed by atoms with van der Waals surface area (Å²) in [6.07, 6.45) is 0.0416. The fourth-order valence-electron chi connectivity index (χ4n) is 1.54. The molecule has 1 unspecified atom stereocenters. The molecule has 2 aromatic rings. The van der Waals surface area contributed by atoms with Gasteiger partial charge in [0.2, 0.25) is 0 Å². The Bertz CT molecular complexity index is 425. The molecule has 0 fully saturated rings. The maximum absolute atomic E-state index is 5.61.